The van der Waals surface area contributed by atoms with Crippen LogP contribution < -0.4 is 0 Å². The number of thioether (sulfide) groups is 6. The van der Waals surface area contributed by atoms with Gasteiger partial charge in [-0.1, -0.05) is 43.6 Å². The van der Waals surface area contributed by atoms with Crippen molar-refractivity contribution in [1.82, 2.24) is 0 Å². The predicted octanol–water partition coefficient (Wildman–Crippen LogP) is 4.86. The van der Waals surface area contributed by atoms with Crippen molar-refractivity contribution in [2.24, 2.45) is 5.92 Å². The number of hydrogen-bond acceptors (Lipinski definition) is 8. The molecule has 0 aromatic carbocycles. The zero-order valence-electron chi connectivity index (χ0n) is 13.6. The van der Waals surface area contributed by atoms with E-state index in [1.807, 2.05) is 47.0 Å². The van der Waals surface area contributed by atoms with E-state index in [1.54, 1.807) is 0 Å². The largest absolute Gasteiger partial charge is 0.282 e. The third kappa shape index (κ3) is 6.58. The molecular formula is C16H22O2S6. The number of carbonyl (C=O) groups is 2. The van der Waals surface area contributed by atoms with Crippen LogP contribution in [0.5, 0.6) is 0 Å². The normalized spacial score (nSPS) is 30.9. The fraction of sp³-hybridized carbons (Fsp3) is 0.625. The molecule has 2 aliphatic rings. The second-order valence-electron chi connectivity index (χ2n) is 5.45. The van der Waals surface area contributed by atoms with Crippen molar-refractivity contribution in [3.63, 3.8) is 0 Å². The van der Waals surface area contributed by atoms with Crippen LogP contribution in [0.4, 0.5) is 0 Å². The molecule has 4 atom stereocenters. The summed E-state index contributed by atoms with van der Waals surface area (Å²) in [7, 11) is 0. The molecular weight excluding hydrogens is 417 g/mol. The highest BCUT2D eigenvalue weighted by Gasteiger charge is 2.38. The first-order valence-corrected chi connectivity index (χ1v) is 13.6. The zero-order valence-corrected chi connectivity index (χ0v) is 18.4. The molecule has 2 fully saturated rings. The molecule has 0 bridgehead atoms. The van der Waals surface area contributed by atoms with Crippen LogP contribution in [-0.4, -0.2) is 52.9 Å². The Balaban J connectivity index is 1.72. The highest BCUT2D eigenvalue weighted by Crippen LogP contribution is 2.51. The van der Waals surface area contributed by atoms with Crippen LogP contribution in [0.2, 0.25) is 0 Å². The molecule has 0 radical (unpaired) electrons. The van der Waals surface area contributed by atoms with Crippen molar-refractivity contribution >= 4 is 80.8 Å². The Morgan fingerprint density at radius 3 is 1.79 bits per heavy atom. The average molecular weight is 439 g/mol. The molecule has 0 N–H and O–H groups in total. The van der Waals surface area contributed by atoms with Gasteiger partial charge < -0.3 is 0 Å². The fourth-order valence-corrected chi connectivity index (χ4v) is 11.8. The SMILES string of the molecule is C=CC(=O)SCC1CSC(C(C)C2SCC(CSC(=O)C=C)S2)S1. The van der Waals surface area contributed by atoms with E-state index in [2.05, 4.69) is 20.1 Å². The van der Waals surface area contributed by atoms with Crippen LogP contribution in [0, 0.1) is 5.92 Å². The smallest absolute Gasteiger partial charge is 0.211 e. The van der Waals surface area contributed by atoms with E-state index in [0.29, 0.717) is 25.6 Å². The van der Waals surface area contributed by atoms with Crippen molar-refractivity contribution < 1.29 is 9.59 Å². The lowest BCUT2D eigenvalue weighted by atomic mass is 10.2. The summed E-state index contributed by atoms with van der Waals surface area (Å²) in [5.41, 5.74) is 0. The van der Waals surface area contributed by atoms with Crippen LogP contribution >= 0.6 is 70.6 Å². The molecule has 2 saturated heterocycles. The van der Waals surface area contributed by atoms with Gasteiger partial charge in [0.15, 0.2) is 0 Å². The van der Waals surface area contributed by atoms with Gasteiger partial charge in [0.05, 0.1) is 9.16 Å². The Morgan fingerprint density at radius 1 is 1.00 bits per heavy atom. The van der Waals surface area contributed by atoms with Crippen molar-refractivity contribution in [1.29, 1.82) is 0 Å². The zero-order chi connectivity index (χ0) is 17.5. The molecule has 134 valence electrons. The summed E-state index contributed by atoms with van der Waals surface area (Å²) in [4.78, 5) is 22.7. The molecule has 0 aromatic heterocycles. The molecule has 2 heterocycles. The van der Waals surface area contributed by atoms with Crippen LogP contribution in [0.3, 0.4) is 0 Å². The molecule has 2 nitrogen and oxygen atoms in total. The Labute approximate surface area is 170 Å². The molecule has 2 rings (SSSR count). The van der Waals surface area contributed by atoms with Crippen LogP contribution in [-0.2, 0) is 9.59 Å². The van der Waals surface area contributed by atoms with Crippen molar-refractivity contribution in [2.45, 2.75) is 26.6 Å². The number of hydrogen-bond donors (Lipinski definition) is 0. The fourth-order valence-electron chi connectivity index (χ4n) is 2.26. The molecule has 0 amide bonds. The lowest BCUT2D eigenvalue weighted by molar-refractivity contribution is -0.107. The second-order valence-corrected chi connectivity index (χ2v) is 13.3. The third-order valence-electron chi connectivity index (χ3n) is 3.56. The van der Waals surface area contributed by atoms with Crippen LogP contribution in [0.25, 0.3) is 0 Å². The summed E-state index contributed by atoms with van der Waals surface area (Å²) < 4.78 is 1.22. The monoisotopic (exact) mass is 438 g/mol. The highest BCUT2D eigenvalue weighted by molar-refractivity contribution is 8.23. The number of carbonyl (C=O) groups excluding carboxylic acids is 2. The van der Waals surface area contributed by atoms with E-state index in [-0.39, 0.29) is 10.2 Å². The van der Waals surface area contributed by atoms with Gasteiger partial charge in [-0.05, 0) is 18.1 Å². The van der Waals surface area contributed by atoms with E-state index in [0.717, 1.165) is 23.0 Å². The van der Waals surface area contributed by atoms with Gasteiger partial charge in [0.1, 0.15) is 0 Å². The summed E-state index contributed by atoms with van der Waals surface area (Å²) >= 11 is 10.9. The van der Waals surface area contributed by atoms with Gasteiger partial charge >= 0.3 is 0 Å². The van der Waals surface area contributed by atoms with Gasteiger partial charge in [-0.15, -0.1) is 47.0 Å². The van der Waals surface area contributed by atoms with Crippen molar-refractivity contribution in [3.8, 4) is 0 Å². The first-order chi connectivity index (χ1) is 11.5. The molecule has 0 spiro atoms. The van der Waals surface area contributed by atoms with Gasteiger partial charge in [0, 0.05) is 33.5 Å². The summed E-state index contributed by atoms with van der Waals surface area (Å²) in [6, 6.07) is 0. The summed E-state index contributed by atoms with van der Waals surface area (Å²) in [6.45, 7) is 9.40. The number of rotatable bonds is 8. The minimum Gasteiger partial charge on any atom is -0.282 e. The molecule has 0 aromatic rings. The maximum absolute atomic E-state index is 11.4. The molecule has 2 aliphatic heterocycles. The molecule has 0 aliphatic carbocycles. The van der Waals surface area contributed by atoms with E-state index in [9.17, 15) is 9.59 Å². The molecule has 4 unspecified atom stereocenters. The minimum absolute atomic E-state index is 0.0772. The second kappa shape index (κ2) is 10.9. The third-order valence-corrected chi connectivity index (χ3v) is 13.5. The topological polar surface area (TPSA) is 34.1 Å². The molecule has 8 heteroatoms. The van der Waals surface area contributed by atoms with Crippen molar-refractivity contribution in [3.05, 3.63) is 25.3 Å². The average Bonchev–Trinajstić information content (AvgIpc) is 3.26. The predicted molar refractivity (Wildman–Crippen MR) is 120 cm³/mol. The summed E-state index contributed by atoms with van der Waals surface area (Å²) in [5, 5.41) is 1.27. The van der Waals surface area contributed by atoms with E-state index < -0.39 is 0 Å². The standard InChI is InChI=1S/C16H22O2S6/c1-4-13(17)19-6-11-8-21-15(23-11)10(3)16-22-9-12(24-16)7-20-14(18)5-2/h4-5,10-12,15-16H,1-2,6-9H2,3H3. The minimum atomic E-state index is 0.0772. The lowest BCUT2D eigenvalue weighted by Gasteiger charge is -2.23. The lowest BCUT2D eigenvalue weighted by Crippen LogP contribution is -2.18. The van der Waals surface area contributed by atoms with Gasteiger partial charge in [0.2, 0.25) is 10.2 Å². The summed E-state index contributed by atoms with van der Waals surface area (Å²) in [5.74, 6) is 4.67. The van der Waals surface area contributed by atoms with Gasteiger partial charge in [-0.3, -0.25) is 9.59 Å². The quantitative estimate of drug-likeness (QED) is 0.497. The first-order valence-electron chi connectivity index (χ1n) is 7.66. The van der Waals surface area contributed by atoms with Gasteiger partial charge in [-0.2, -0.15) is 0 Å². The van der Waals surface area contributed by atoms with Gasteiger partial charge in [0.25, 0.3) is 0 Å². The molecule has 24 heavy (non-hydrogen) atoms. The van der Waals surface area contributed by atoms with Crippen LogP contribution in [0.1, 0.15) is 6.92 Å². The maximum Gasteiger partial charge on any atom is 0.211 e. The Bertz CT molecular complexity index is 441. The highest BCUT2D eigenvalue weighted by atomic mass is 32.2. The van der Waals surface area contributed by atoms with E-state index in [4.69, 9.17) is 0 Å². The Morgan fingerprint density at radius 2 is 1.42 bits per heavy atom. The summed E-state index contributed by atoms with van der Waals surface area (Å²) in [6.07, 6.45) is 2.80. The Hall–Kier alpha value is 0.920. The maximum atomic E-state index is 11.4. The van der Waals surface area contributed by atoms with Gasteiger partial charge in [-0.25, -0.2) is 0 Å². The van der Waals surface area contributed by atoms with Crippen LogP contribution in [0.15, 0.2) is 25.3 Å². The molecule has 0 saturated carbocycles. The van der Waals surface area contributed by atoms with E-state index >= 15 is 0 Å². The van der Waals surface area contributed by atoms with E-state index in [1.165, 1.54) is 35.7 Å². The Kier molecular flexibility index (Phi) is 9.66. The first kappa shape index (κ1) is 21.2. The van der Waals surface area contributed by atoms with Crippen molar-refractivity contribution in [2.75, 3.05) is 23.0 Å².